The van der Waals surface area contributed by atoms with Crippen molar-refractivity contribution in [3.05, 3.63) is 34.3 Å². The standard InChI is InChI=1S/C12H17BrO/c1-4-12(14-9(2)3)10-5-7-11(13)8-6-10/h5-9,12H,4H2,1-3H3. The van der Waals surface area contributed by atoms with Gasteiger partial charge in [-0.15, -0.1) is 0 Å². The van der Waals surface area contributed by atoms with Crippen LogP contribution in [0, 0.1) is 0 Å². The predicted octanol–water partition coefficient (Wildman–Crippen LogP) is 4.33. The van der Waals surface area contributed by atoms with Gasteiger partial charge in [-0.2, -0.15) is 0 Å². The van der Waals surface area contributed by atoms with E-state index in [1.54, 1.807) is 0 Å². The van der Waals surface area contributed by atoms with Gasteiger partial charge in [0.1, 0.15) is 0 Å². The molecule has 0 saturated carbocycles. The molecule has 0 aromatic heterocycles. The smallest absolute Gasteiger partial charge is 0.0825 e. The highest BCUT2D eigenvalue weighted by Gasteiger charge is 2.10. The van der Waals surface area contributed by atoms with Crippen LogP contribution in [-0.4, -0.2) is 6.10 Å². The Kier molecular flexibility index (Phi) is 4.63. The van der Waals surface area contributed by atoms with Crippen LogP contribution in [0.15, 0.2) is 28.7 Å². The number of rotatable bonds is 4. The third-order valence-electron chi connectivity index (χ3n) is 2.05. The van der Waals surface area contributed by atoms with Crippen molar-refractivity contribution in [2.24, 2.45) is 0 Å². The number of benzene rings is 1. The van der Waals surface area contributed by atoms with Crippen LogP contribution < -0.4 is 0 Å². The third kappa shape index (κ3) is 3.43. The Morgan fingerprint density at radius 3 is 2.21 bits per heavy atom. The van der Waals surface area contributed by atoms with Gasteiger partial charge in [0.05, 0.1) is 12.2 Å². The Hall–Kier alpha value is -0.340. The van der Waals surface area contributed by atoms with Crippen molar-refractivity contribution < 1.29 is 4.74 Å². The van der Waals surface area contributed by atoms with Crippen LogP contribution in [0.25, 0.3) is 0 Å². The second kappa shape index (κ2) is 5.52. The van der Waals surface area contributed by atoms with Gasteiger partial charge in [-0.05, 0) is 38.0 Å². The minimum atomic E-state index is 0.225. The first-order valence-electron chi connectivity index (χ1n) is 5.04. The molecule has 0 N–H and O–H groups in total. The van der Waals surface area contributed by atoms with E-state index in [-0.39, 0.29) is 12.2 Å². The fourth-order valence-corrected chi connectivity index (χ4v) is 1.68. The van der Waals surface area contributed by atoms with E-state index in [9.17, 15) is 0 Å². The highest BCUT2D eigenvalue weighted by atomic mass is 79.9. The van der Waals surface area contributed by atoms with E-state index in [2.05, 4.69) is 61.0 Å². The first-order valence-corrected chi connectivity index (χ1v) is 5.83. The first-order chi connectivity index (χ1) is 6.63. The second-order valence-corrected chi connectivity index (χ2v) is 4.55. The van der Waals surface area contributed by atoms with Crippen LogP contribution >= 0.6 is 15.9 Å². The monoisotopic (exact) mass is 256 g/mol. The molecule has 0 aliphatic heterocycles. The number of hydrogen-bond donors (Lipinski definition) is 0. The van der Waals surface area contributed by atoms with Crippen LogP contribution in [0.5, 0.6) is 0 Å². The summed E-state index contributed by atoms with van der Waals surface area (Å²) in [5, 5.41) is 0. The molecule has 1 aromatic carbocycles. The van der Waals surface area contributed by atoms with Gasteiger partial charge in [0, 0.05) is 4.47 Å². The summed E-state index contributed by atoms with van der Waals surface area (Å²) in [7, 11) is 0. The molecule has 0 fully saturated rings. The lowest BCUT2D eigenvalue weighted by atomic mass is 10.1. The molecule has 0 saturated heterocycles. The van der Waals surface area contributed by atoms with E-state index < -0.39 is 0 Å². The highest BCUT2D eigenvalue weighted by molar-refractivity contribution is 9.10. The molecule has 0 heterocycles. The minimum absolute atomic E-state index is 0.225. The van der Waals surface area contributed by atoms with Crippen LogP contribution in [-0.2, 0) is 4.74 Å². The molecule has 78 valence electrons. The summed E-state index contributed by atoms with van der Waals surface area (Å²) >= 11 is 3.43. The summed E-state index contributed by atoms with van der Waals surface area (Å²) < 4.78 is 6.92. The van der Waals surface area contributed by atoms with Gasteiger partial charge < -0.3 is 4.74 Å². The van der Waals surface area contributed by atoms with Crippen molar-refractivity contribution in [3.8, 4) is 0 Å². The third-order valence-corrected chi connectivity index (χ3v) is 2.58. The fourth-order valence-electron chi connectivity index (χ4n) is 1.42. The van der Waals surface area contributed by atoms with Crippen LogP contribution in [0.1, 0.15) is 38.9 Å². The SMILES string of the molecule is CCC(OC(C)C)c1ccc(Br)cc1. The van der Waals surface area contributed by atoms with Gasteiger partial charge >= 0.3 is 0 Å². The van der Waals surface area contributed by atoms with Gasteiger partial charge in [-0.25, -0.2) is 0 Å². The second-order valence-electron chi connectivity index (χ2n) is 3.63. The molecule has 0 aliphatic rings. The molecule has 1 atom stereocenters. The van der Waals surface area contributed by atoms with Crippen molar-refractivity contribution in [1.29, 1.82) is 0 Å². The topological polar surface area (TPSA) is 9.23 Å². The molecule has 1 unspecified atom stereocenters. The Labute approximate surface area is 94.6 Å². The molecular weight excluding hydrogens is 240 g/mol. The summed E-state index contributed by atoms with van der Waals surface area (Å²) in [6.07, 6.45) is 1.52. The zero-order valence-electron chi connectivity index (χ0n) is 8.96. The molecular formula is C12H17BrO. The first kappa shape index (κ1) is 11.7. The Bertz CT molecular complexity index is 266. The van der Waals surface area contributed by atoms with Crippen molar-refractivity contribution in [3.63, 3.8) is 0 Å². The van der Waals surface area contributed by atoms with E-state index in [4.69, 9.17) is 4.74 Å². The number of hydrogen-bond acceptors (Lipinski definition) is 1. The zero-order chi connectivity index (χ0) is 10.6. The van der Waals surface area contributed by atoms with E-state index in [1.165, 1.54) is 5.56 Å². The Morgan fingerprint density at radius 2 is 1.79 bits per heavy atom. The fraction of sp³-hybridized carbons (Fsp3) is 0.500. The Balaban J connectivity index is 2.73. The zero-order valence-corrected chi connectivity index (χ0v) is 10.5. The molecule has 1 aromatic rings. The minimum Gasteiger partial charge on any atom is -0.371 e. The predicted molar refractivity (Wildman–Crippen MR) is 63.4 cm³/mol. The molecule has 0 bridgehead atoms. The van der Waals surface area contributed by atoms with Gasteiger partial charge in [0.15, 0.2) is 0 Å². The Morgan fingerprint density at radius 1 is 1.21 bits per heavy atom. The van der Waals surface area contributed by atoms with Crippen LogP contribution in [0.4, 0.5) is 0 Å². The van der Waals surface area contributed by atoms with Crippen LogP contribution in [0.3, 0.4) is 0 Å². The molecule has 0 amide bonds. The summed E-state index contributed by atoms with van der Waals surface area (Å²) in [5.74, 6) is 0. The van der Waals surface area contributed by atoms with E-state index >= 15 is 0 Å². The normalized spacial score (nSPS) is 13.2. The van der Waals surface area contributed by atoms with Crippen molar-refractivity contribution in [1.82, 2.24) is 0 Å². The lowest BCUT2D eigenvalue weighted by Crippen LogP contribution is -2.09. The average molecular weight is 257 g/mol. The molecule has 0 radical (unpaired) electrons. The summed E-state index contributed by atoms with van der Waals surface area (Å²) in [4.78, 5) is 0. The van der Waals surface area contributed by atoms with Crippen molar-refractivity contribution in [2.75, 3.05) is 0 Å². The number of halogens is 1. The van der Waals surface area contributed by atoms with E-state index in [0.717, 1.165) is 10.9 Å². The quantitative estimate of drug-likeness (QED) is 0.780. The average Bonchev–Trinajstić information content (AvgIpc) is 2.15. The van der Waals surface area contributed by atoms with Gasteiger partial charge in [0.25, 0.3) is 0 Å². The van der Waals surface area contributed by atoms with Crippen LogP contribution in [0.2, 0.25) is 0 Å². The van der Waals surface area contributed by atoms with Gasteiger partial charge in [0.2, 0.25) is 0 Å². The van der Waals surface area contributed by atoms with Gasteiger partial charge in [-0.1, -0.05) is 35.0 Å². The number of ether oxygens (including phenoxy) is 1. The molecule has 14 heavy (non-hydrogen) atoms. The largest absolute Gasteiger partial charge is 0.371 e. The van der Waals surface area contributed by atoms with Crippen molar-refractivity contribution in [2.45, 2.75) is 39.4 Å². The summed E-state index contributed by atoms with van der Waals surface area (Å²) in [6.45, 7) is 6.29. The molecule has 0 aliphatic carbocycles. The lowest BCUT2D eigenvalue weighted by molar-refractivity contribution is 0.00448. The molecule has 1 nitrogen and oxygen atoms in total. The van der Waals surface area contributed by atoms with E-state index in [1.807, 2.05) is 0 Å². The van der Waals surface area contributed by atoms with Gasteiger partial charge in [-0.3, -0.25) is 0 Å². The molecule has 0 spiro atoms. The maximum Gasteiger partial charge on any atom is 0.0825 e. The van der Waals surface area contributed by atoms with Crippen molar-refractivity contribution >= 4 is 15.9 Å². The highest BCUT2D eigenvalue weighted by Crippen LogP contribution is 2.23. The van der Waals surface area contributed by atoms with E-state index in [0.29, 0.717) is 0 Å². The lowest BCUT2D eigenvalue weighted by Gasteiger charge is -2.19. The maximum absolute atomic E-state index is 5.81. The molecule has 2 heteroatoms. The summed E-state index contributed by atoms with van der Waals surface area (Å²) in [5.41, 5.74) is 1.25. The maximum atomic E-state index is 5.81. The summed E-state index contributed by atoms with van der Waals surface area (Å²) in [6, 6.07) is 8.34. The molecule has 1 rings (SSSR count).